The van der Waals surface area contributed by atoms with Gasteiger partial charge in [0.05, 0.1) is 24.8 Å². The minimum atomic E-state index is -0.577. The maximum atomic E-state index is 13.0. The molecule has 0 bridgehead atoms. The molecule has 1 saturated heterocycles. The number of amides is 3. The molecule has 1 unspecified atom stereocenters. The zero-order valence-electron chi connectivity index (χ0n) is 11.4. The Morgan fingerprint density at radius 2 is 2.24 bits per heavy atom. The van der Waals surface area contributed by atoms with Gasteiger partial charge in [0.15, 0.2) is 0 Å². The van der Waals surface area contributed by atoms with E-state index in [1.807, 2.05) is 0 Å². The van der Waals surface area contributed by atoms with Crippen molar-refractivity contribution in [3.8, 4) is 0 Å². The topological polar surface area (TPSA) is 105 Å². The molecule has 0 spiro atoms. The number of nitrogens with one attached hydrogen (secondary N) is 2. The van der Waals surface area contributed by atoms with Gasteiger partial charge in [-0.05, 0) is 25.1 Å². The number of imide groups is 1. The van der Waals surface area contributed by atoms with Gasteiger partial charge < -0.3 is 11.1 Å². The summed E-state index contributed by atoms with van der Waals surface area (Å²) < 4.78 is 13.0. The molecule has 112 valence electrons. The van der Waals surface area contributed by atoms with E-state index < -0.39 is 29.6 Å². The van der Waals surface area contributed by atoms with E-state index in [0.29, 0.717) is 5.69 Å². The largest absolute Gasteiger partial charge is 0.396 e. The summed E-state index contributed by atoms with van der Waals surface area (Å²) in [7, 11) is 0. The van der Waals surface area contributed by atoms with E-state index in [1.165, 1.54) is 17.0 Å². The third kappa shape index (κ3) is 3.54. The molecular weight excluding hydrogens is 279 g/mol. The fraction of sp³-hybridized carbons (Fsp3) is 0.308. The SMILES string of the molecule is CC1C(=O)NC(=O)CN1CC(=O)Nc1ccc(F)c(N)c1. The number of rotatable bonds is 3. The maximum Gasteiger partial charge on any atom is 0.243 e. The molecule has 0 radical (unpaired) electrons. The van der Waals surface area contributed by atoms with Crippen LogP contribution in [-0.4, -0.2) is 41.8 Å². The molecule has 21 heavy (non-hydrogen) atoms. The van der Waals surface area contributed by atoms with Gasteiger partial charge in [-0.1, -0.05) is 0 Å². The molecule has 4 N–H and O–H groups in total. The molecule has 1 aromatic carbocycles. The number of carbonyl (C=O) groups is 3. The molecular formula is C13H15FN4O3. The Hall–Kier alpha value is -2.48. The number of halogens is 1. The van der Waals surface area contributed by atoms with Crippen LogP contribution in [0.4, 0.5) is 15.8 Å². The van der Waals surface area contributed by atoms with Crippen LogP contribution in [0, 0.1) is 5.82 Å². The molecule has 1 aliphatic heterocycles. The molecule has 7 nitrogen and oxygen atoms in total. The summed E-state index contributed by atoms with van der Waals surface area (Å²) in [5, 5.41) is 4.72. The lowest BCUT2D eigenvalue weighted by Crippen LogP contribution is -2.58. The van der Waals surface area contributed by atoms with E-state index in [4.69, 9.17) is 5.73 Å². The predicted molar refractivity (Wildman–Crippen MR) is 73.6 cm³/mol. The van der Waals surface area contributed by atoms with Gasteiger partial charge in [-0.15, -0.1) is 0 Å². The number of nitrogen functional groups attached to an aromatic ring is 1. The Bertz CT molecular complexity index is 605. The molecule has 1 heterocycles. The molecule has 0 aliphatic carbocycles. The monoisotopic (exact) mass is 294 g/mol. The molecule has 1 fully saturated rings. The van der Waals surface area contributed by atoms with Crippen LogP contribution in [0.5, 0.6) is 0 Å². The summed E-state index contributed by atoms with van der Waals surface area (Å²) in [4.78, 5) is 36.1. The van der Waals surface area contributed by atoms with E-state index in [1.54, 1.807) is 6.92 Å². The molecule has 3 amide bonds. The summed E-state index contributed by atoms with van der Waals surface area (Å²) in [6, 6.07) is 3.24. The van der Waals surface area contributed by atoms with Crippen LogP contribution in [0.2, 0.25) is 0 Å². The highest BCUT2D eigenvalue weighted by atomic mass is 19.1. The van der Waals surface area contributed by atoms with Gasteiger partial charge in [0, 0.05) is 5.69 Å². The number of hydrogen-bond donors (Lipinski definition) is 3. The predicted octanol–water partition coefficient (Wildman–Crippen LogP) is -0.307. The number of benzene rings is 1. The van der Waals surface area contributed by atoms with Crippen molar-refractivity contribution in [2.75, 3.05) is 24.1 Å². The smallest absolute Gasteiger partial charge is 0.243 e. The average Bonchev–Trinajstić information content (AvgIpc) is 2.39. The Kier molecular flexibility index (Phi) is 4.18. The number of piperazine rings is 1. The quantitative estimate of drug-likeness (QED) is 0.524. The van der Waals surface area contributed by atoms with Crippen LogP contribution < -0.4 is 16.4 Å². The lowest BCUT2D eigenvalue weighted by atomic mass is 10.2. The zero-order valence-corrected chi connectivity index (χ0v) is 11.4. The summed E-state index contributed by atoms with van der Waals surface area (Å²) in [6.07, 6.45) is 0. The lowest BCUT2D eigenvalue weighted by Gasteiger charge is -2.30. The van der Waals surface area contributed by atoms with Crippen molar-refractivity contribution in [3.63, 3.8) is 0 Å². The van der Waals surface area contributed by atoms with Crippen LogP contribution in [-0.2, 0) is 14.4 Å². The highest BCUT2D eigenvalue weighted by molar-refractivity contribution is 6.02. The molecule has 8 heteroatoms. The number of carbonyl (C=O) groups excluding carboxylic acids is 3. The maximum absolute atomic E-state index is 13.0. The van der Waals surface area contributed by atoms with Gasteiger partial charge in [0.25, 0.3) is 0 Å². The van der Waals surface area contributed by atoms with Crippen LogP contribution in [0.15, 0.2) is 18.2 Å². The van der Waals surface area contributed by atoms with Crippen LogP contribution in [0.25, 0.3) is 0 Å². The first-order chi connectivity index (χ1) is 9.86. The molecule has 1 aromatic rings. The van der Waals surface area contributed by atoms with Gasteiger partial charge >= 0.3 is 0 Å². The number of nitrogens with two attached hydrogens (primary N) is 1. The first-order valence-electron chi connectivity index (χ1n) is 6.29. The second-order valence-corrected chi connectivity index (χ2v) is 4.78. The van der Waals surface area contributed by atoms with E-state index in [0.717, 1.165) is 6.07 Å². The Morgan fingerprint density at radius 3 is 2.90 bits per heavy atom. The summed E-state index contributed by atoms with van der Waals surface area (Å²) >= 11 is 0. The van der Waals surface area contributed by atoms with E-state index in [9.17, 15) is 18.8 Å². The van der Waals surface area contributed by atoms with Crippen molar-refractivity contribution in [1.29, 1.82) is 0 Å². The number of nitrogens with zero attached hydrogens (tertiary/aromatic N) is 1. The average molecular weight is 294 g/mol. The van der Waals surface area contributed by atoms with Crippen molar-refractivity contribution in [2.24, 2.45) is 0 Å². The van der Waals surface area contributed by atoms with Crippen molar-refractivity contribution in [3.05, 3.63) is 24.0 Å². The Balaban J connectivity index is 1.99. The van der Waals surface area contributed by atoms with Crippen molar-refractivity contribution in [1.82, 2.24) is 10.2 Å². The zero-order chi connectivity index (χ0) is 15.6. The third-order valence-corrected chi connectivity index (χ3v) is 3.16. The Labute approximate surface area is 120 Å². The first-order valence-corrected chi connectivity index (χ1v) is 6.29. The van der Waals surface area contributed by atoms with E-state index in [-0.39, 0.29) is 18.8 Å². The second kappa shape index (κ2) is 5.88. The van der Waals surface area contributed by atoms with Gasteiger partial charge in [-0.25, -0.2) is 4.39 Å². The fourth-order valence-electron chi connectivity index (χ4n) is 1.97. The Morgan fingerprint density at radius 1 is 1.52 bits per heavy atom. The minimum absolute atomic E-state index is 0.0358. The number of hydrogen-bond acceptors (Lipinski definition) is 5. The normalized spacial score (nSPS) is 19.2. The van der Waals surface area contributed by atoms with Crippen LogP contribution in [0.3, 0.4) is 0 Å². The van der Waals surface area contributed by atoms with Gasteiger partial charge in [0.1, 0.15) is 5.82 Å². The van der Waals surface area contributed by atoms with Gasteiger partial charge in [0.2, 0.25) is 17.7 Å². The van der Waals surface area contributed by atoms with Crippen LogP contribution >= 0.6 is 0 Å². The van der Waals surface area contributed by atoms with E-state index in [2.05, 4.69) is 10.6 Å². The molecule has 1 aliphatic rings. The van der Waals surface area contributed by atoms with Crippen molar-refractivity contribution < 1.29 is 18.8 Å². The minimum Gasteiger partial charge on any atom is -0.396 e. The standard InChI is InChI=1S/C13H15FN4O3/c1-7-13(21)17-12(20)6-18(7)5-11(19)16-8-2-3-9(14)10(15)4-8/h2-4,7H,5-6,15H2,1H3,(H,16,19)(H,17,20,21). The van der Waals surface area contributed by atoms with Crippen molar-refractivity contribution >= 4 is 29.1 Å². The molecule has 0 aromatic heterocycles. The highest BCUT2D eigenvalue weighted by Crippen LogP contribution is 2.16. The third-order valence-electron chi connectivity index (χ3n) is 3.16. The fourth-order valence-corrected chi connectivity index (χ4v) is 1.97. The summed E-state index contributed by atoms with van der Waals surface area (Å²) in [6.45, 7) is 1.44. The lowest BCUT2D eigenvalue weighted by molar-refractivity contribution is -0.140. The summed E-state index contributed by atoms with van der Waals surface area (Å²) in [5.74, 6) is -1.88. The molecule has 1 atom stereocenters. The van der Waals surface area contributed by atoms with Crippen LogP contribution in [0.1, 0.15) is 6.92 Å². The van der Waals surface area contributed by atoms with E-state index >= 15 is 0 Å². The molecule has 0 saturated carbocycles. The summed E-state index contributed by atoms with van der Waals surface area (Å²) in [5.41, 5.74) is 5.68. The molecule has 2 rings (SSSR count). The van der Waals surface area contributed by atoms with Crippen molar-refractivity contribution in [2.45, 2.75) is 13.0 Å². The second-order valence-electron chi connectivity index (χ2n) is 4.78. The first kappa shape index (κ1) is 14.9. The highest BCUT2D eigenvalue weighted by Gasteiger charge is 2.31. The van der Waals surface area contributed by atoms with Gasteiger partial charge in [-0.3, -0.25) is 24.6 Å². The number of anilines is 2. The van der Waals surface area contributed by atoms with Gasteiger partial charge in [-0.2, -0.15) is 0 Å².